The first-order chi connectivity index (χ1) is 14.6. The Bertz CT molecular complexity index is 1250. The molecule has 31 heavy (non-hydrogen) atoms. The van der Waals surface area contributed by atoms with Crippen LogP contribution in [-0.4, -0.2) is 19.4 Å². The maximum atomic E-state index is 12.5. The SMILES string of the molecule is O=C(Nc1cccc([N+](=O)[O-])c1)Nc1ccc(S(=O)(=O)Nc2ccc(Cl)cc2)cc1Cl. The Kier molecular flexibility index (Phi) is 6.64. The summed E-state index contributed by atoms with van der Waals surface area (Å²) < 4.78 is 27.5. The van der Waals surface area contributed by atoms with Crippen molar-refractivity contribution in [2.45, 2.75) is 4.90 Å². The number of carbonyl (C=O) groups is 1. The van der Waals surface area contributed by atoms with Crippen LogP contribution < -0.4 is 15.4 Å². The van der Waals surface area contributed by atoms with Crippen molar-refractivity contribution in [1.82, 2.24) is 0 Å². The summed E-state index contributed by atoms with van der Waals surface area (Å²) in [6, 6.07) is 14.6. The maximum Gasteiger partial charge on any atom is 0.323 e. The third-order valence-electron chi connectivity index (χ3n) is 3.91. The lowest BCUT2D eigenvalue weighted by atomic mass is 10.3. The number of hydrogen-bond donors (Lipinski definition) is 3. The lowest BCUT2D eigenvalue weighted by Crippen LogP contribution is -2.20. The molecule has 0 aliphatic carbocycles. The molecular formula is C19H14Cl2N4O5S. The van der Waals surface area contributed by atoms with Crippen LogP contribution in [0.3, 0.4) is 0 Å². The van der Waals surface area contributed by atoms with E-state index in [4.69, 9.17) is 23.2 Å². The molecule has 0 aliphatic heterocycles. The summed E-state index contributed by atoms with van der Waals surface area (Å²) in [5.74, 6) is 0. The van der Waals surface area contributed by atoms with E-state index in [1.165, 1.54) is 54.6 Å². The molecule has 0 atom stereocenters. The molecule has 0 spiro atoms. The van der Waals surface area contributed by atoms with Crippen molar-refractivity contribution in [3.05, 3.63) is 86.9 Å². The Morgan fingerprint density at radius 1 is 0.903 bits per heavy atom. The molecule has 0 saturated carbocycles. The Labute approximate surface area is 187 Å². The van der Waals surface area contributed by atoms with E-state index in [9.17, 15) is 23.3 Å². The molecule has 9 nitrogen and oxygen atoms in total. The van der Waals surface area contributed by atoms with Crippen molar-refractivity contribution in [3.63, 3.8) is 0 Å². The fourth-order valence-corrected chi connectivity index (χ4v) is 3.98. The summed E-state index contributed by atoms with van der Waals surface area (Å²) in [6.45, 7) is 0. The number of sulfonamides is 1. The Hall–Kier alpha value is -3.34. The molecule has 2 amide bonds. The van der Waals surface area contributed by atoms with Crippen LogP contribution in [0.5, 0.6) is 0 Å². The third kappa shape index (κ3) is 5.85. The maximum absolute atomic E-state index is 12.5. The molecule has 0 aliphatic rings. The zero-order chi connectivity index (χ0) is 22.6. The zero-order valence-electron chi connectivity index (χ0n) is 15.5. The molecule has 3 aromatic carbocycles. The molecule has 0 fully saturated rings. The van der Waals surface area contributed by atoms with Gasteiger partial charge in [0.25, 0.3) is 15.7 Å². The number of anilines is 3. The number of rotatable bonds is 6. The standard InChI is InChI=1S/C19H14Cl2N4O5S/c20-12-4-6-13(7-5-12)24-31(29,30)16-8-9-18(17(21)11-16)23-19(26)22-14-2-1-3-15(10-14)25(27)28/h1-11,24H,(H2,22,23,26). The molecule has 12 heteroatoms. The fraction of sp³-hybridized carbons (Fsp3) is 0. The Morgan fingerprint density at radius 2 is 1.61 bits per heavy atom. The molecular weight excluding hydrogens is 467 g/mol. The number of halogens is 2. The van der Waals surface area contributed by atoms with Crippen molar-refractivity contribution in [3.8, 4) is 0 Å². The Balaban J connectivity index is 1.71. The lowest BCUT2D eigenvalue weighted by Gasteiger charge is -2.12. The minimum absolute atomic E-state index is 0.0202. The van der Waals surface area contributed by atoms with E-state index in [1.54, 1.807) is 12.1 Å². The van der Waals surface area contributed by atoms with Crippen LogP contribution in [-0.2, 0) is 10.0 Å². The van der Waals surface area contributed by atoms with Gasteiger partial charge < -0.3 is 10.6 Å². The molecule has 0 bridgehead atoms. The summed E-state index contributed by atoms with van der Waals surface area (Å²) in [7, 11) is -3.93. The second-order valence-electron chi connectivity index (χ2n) is 6.14. The number of carbonyl (C=O) groups excluding carboxylic acids is 1. The van der Waals surface area contributed by atoms with Gasteiger partial charge in [-0.2, -0.15) is 0 Å². The largest absolute Gasteiger partial charge is 0.323 e. The minimum Gasteiger partial charge on any atom is -0.307 e. The van der Waals surface area contributed by atoms with Gasteiger partial charge in [-0.15, -0.1) is 0 Å². The number of amides is 2. The highest BCUT2D eigenvalue weighted by Gasteiger charge is 2.17. The van der Waals surface area contributed by atoms with Crippen molar-refractivity contribution in [1.29, 1.82) is 0 Å². The summed E-state index contributed by atoms with van der Waals surface area (Å²) in [5, 5.41) is 16.2. The number of urea groups is 1. The van der Waals surface area contributed by atoms with Crippen molar-refractivity contribution < 1.29 is 18.1 Å². The number of hydrogen-bond acceptors (Lipinski definition) is 5. The van der Waals surface area contributed by atoms with E-state index in [1.807, 2.05) is 0 Å². The van der Waals surface area contributed by atoms with Crippen molar-refractivity contribution in [2.75, 3.05) is 15.4 Å². The van der Waals surface area contributed by atoms with Gasteiger partial charge in [0.1, 0.15) is 0 Å². The lowest BCUT2D eigenvalue weighted by molar-refractivity contribution is -0.384. The molecule has 3 rings (SSSR count). The molecule has 0 radical (unpaired) electrons. The van der Waals surface area contributed by atoms with Crippen LogP contribution >= 0.6 is 23.2 Å². The zero-order valence-corrected chi connectivity index (χ0v) is 17.8. The monoisotopic (exact) mass is 480 g/mol. The highest BCUT2D eigenvalue weighted by Crippen LogP contribution is 2.27. The van der Waals surface area contributed by atoms with Crippen LogP contribution in [0, 0.1) is 10.1 Å². The first-order valence-electron chi connectivity index (χ1n) is 8.54. The predicted molar refractivity (Wildman–Crippen MR) is 119 cm³/mol. The number of nitro groups is 1. The van der Waals surface area contributed by atoms with Gasteiger partial charge in [-0.25, -0.2) is 13.2 Å². The molecule has 0 saturated heterocycles. The van der Waals surface area contributed by atoms with E-state index >= 15 is 0 Å². The smallest absolute Gasteiger partial charge is 0.307 e. The summed E-state index contributed by atoms with van der Waals surface area (Å²) >= 11 is 11.9. The first kappa shape index (κ1) is 22.3. The Morgan fingerprint density at radius 3 is 2.26 bits per heavy atom. The number of benzene rings is 3. The van der Waals surface area contributed by atoms with Crippen LogP contribution in [0.15, 0.2) is 71.6 Å². The second-order valence-corrected chi connectivity index (χ2v) is 8.67. The van der Waals surface area contributed by atoms with Gasteiger partial charge in [0.15, 0.2) is 0 Å². The van der Waals surface area contributed by atoms with Gasteiger partial charge >= 0.3 is 6.03 Å². The molecule has 0 unspecified atom stereocenters. The normalized spacial score (nSPS) is 10.9. The van der Waals surface area contributed by atoms with Gasteiger partial charge in [0, 0.05) is 28.5 Å². The van der Waals surface area contributed by atoms with Gasteiger partial charge in [-0.05, 0) is 48.5 Å². The molecule has 3 N–H and O–H groups in total. The van der Waals surface area contributed by atoms with E-state index in [0.29, 0.717) is 10.7 Å². The number of nitrogens with zero attached hydrogens (tertiary/aromatic N) is 1. The summed E-state index contributed by atoms with van der Waals surface area (Å²) in [5.41, 5.74) is 0.488. The topological polar surface area (TPSA) is 130 Å². The van der Waals surface area contributed by atoms with Crippen LogP contribution in [0.4, 0.5) is 27.5 Å². The highest BCUT2D eigenvalue weighted by atomic mass is 35.5. The third-order valence-corrected chi connectivity index (χ3v) is 5.85. The predicted octanol–water partition coefficient (Wildman–Crippen LogP) is 5.35. The summed E-state index contributed by atoms with van der Waals surface area (Å²) in [4.78, 5) is 22.3. The van der Waals surface area contributed by atoms with Gasteiger partial charge in [-0.3, -0.25) is 14.8 Å². The van der Waals surface area contributed by atoms with Crippen molar-refractivity contribution >= 4 is 62.0 Å². The van der Waals surface area contributed by atoms with E-state index in [0.717, 1.165) is 0 Å². The van der Waals surface area contributed by atoms with Crippen molar-refractivity contribution in [2.24, 2.45) is 0 Å². The van der Waals surface area contributed by atoms with Gasteiger partial charge in [-0.1, -0.05) is 29.3 Å². The molecule has 160 valence electrons. The fourth-order valence-electron chi connectivity index (χ4n) is 2.48. The molecule has 0 aromatic heterocycles. The average molecular weight is 481 g/mol. The minimum atomic E-state index is -3.93. The van der Waals surface area contributed by atoms with Crippen LogP contribution in [0.2, 0.25) is 10.0 Å². The van der Waals surface area contributed by atoms with E-state index < -0.39 is 21.0 Å². The van der Waals surface area contributed by atoms with Gasteiger partial charge in [0.05, 0.1) is 20.5 Å². The highest BCUT2D eigenvalue weighted by molar-refractivity contribution is 7.92. The van der Waals surface area contributed by atoms with Gasteiger partial charge in [0.2, 0.25) is 0 Å². The molecule has 3 aromatic rings. The van der Waals surface area contributed by atoms with E-state index in [-0.39, 0.29) is 27.0 Å². The van der Waals surface area contributed by atoms with E-state index in [2.05, 4.69) is 15.4 Å². The molecule has 0 heterocycles. The second kappa shape index (κ2) is 9.21. The number of non-ortho nitro benzene ring substituents is 1. The first-order valence-corrected chi connectivity index (χ1v) is 10.8. The number of nitrogens with one attached hydrogen (secondary N) is 3. The summed E-state index contributed by atoms with van der Waals surface area (Å²) in [6.07, 6.45) is 0. The average Bonchev–Trinajstić information content (AvgIpc) is 2.71. The number of nitro benzene ring substituents is 1. The van der Waals surface area contributed by atoms with Crippen LogP contribution in [0.25, 0.3) is 0 Å². The van der Waals surface area contributed by atoms with Crippen LogP contribution in [0.1, 0.15) is 0 Å². The quantitative estimate of drug-likeness (QED) is 0.323.